The Morgan fingerprint density at radius 3 is 2.33 bits per heavy atom. The van der Waals surface area contributed by atoms with Crippen molar-refractivity contribution in [1.29, 1.82) is 0 Å². The summed E-state index contributed by atoms with van der Waals surface area (Å²) in [5, 5.41) is 11.2. The van der Waals surface area contributed by atoms with E-state index in [1.807, 2.05) is 0 Å². The average molecular weight is 215 g/mol. The maximum Gasteiger partial charge on any atom is 0.0402 e. The van der Waals surface area contributed by atoms with Crippen LogP contribution in [-0.2, 0) is 0 Å². The maximum absolute atomic E-state index is 7.57. The summed E-state index contributed by atoms with van der Waals surface area (Å²) >= 11 is 0. The highest BCUT2D eigenvalue weighted by Gasteiger charge is 2.19. The minimum atomic E-state index is 0.250. The average Bonchev–Trinajstić information content (AvgIpc) is 2.22. The van der Waals surface area contributed by atoms with Crippen LogP contribution in [0.25, 0.3) is 0 Å². The van der Waals surface area contributed by atoms with Crippen molar-refractivity contribution in [2.45, 2.75) is 65.3 Å². The zero-order chi connectivity index (χ0) is 11.5. The van der Waals surface area contributed by atoms with E-state index < -0.39 is 0 Å². The van der Waals surface area contributed by atoms with Crippen LogP contribution in [0.1, 0.15) is 59.3 Å². The van der Waals surface area contributed by atoms with Crippen LogP contribution in [0, 0.1) is 5.92 Å². The van der Waals surface area contributed by atoms with Crippen LogP contribution in [0.3, 0.4) is 0 Å². The standard InChI is InChI=1S/C11H23N.C2H6O/c1-3-4-9-12-11-8-6-5-7-10(11)2;1-2-3/h10-12H,3-9H2,1-2H3;3H,2H2,1H3. The summed E-state index contributed by atoms with van der Waals surface area (Å²) in [5.74, 6) is 0.913. The van der Waals surface area contributed by atoms with Gasteiger partial charge in [-0.15, -0.1) is 0 Å². The van der Waals surface area contributed by atoms with Gasteiger partial charge in [-0.25, -0.2) is 0 Å². The van der Waals surface area contributed by atoms with Crippen molar-refractivity contribution in [2.75, 3.05) is 13.2 Å². The van der Waals surface area contributed by atoms with Crippen LogP contribution < -0.4 is 5.32 Å². The molecule has 2 heteroatoms. The molecule has 0 bridgehead atoms. The number of hydrogen-bond acceptors (Lipinski definition) is 2. The van der Waals surface area contributed by atoms with Crippen molar-refractivity contribution in [2.24, 2.45) is 5.92 Å². The zero-order valence-electron chi connectivity index (χ0n) is 10.8. The predicted molar refractivity (Wildman–Crippen MR) is 67.1 cm³/mol. The molecule has 1 saturated carbocycles. The Morgan fingerprint density at radius 2 is 1.80 bits per heavy atom. The lowest BCUT2D eigenvalue weighted by Gasteiger charge is -2.29. The number of aliphatic hydroxyl groups is 1. The van der Waals surface area contributed by atoms with Crippen LogP contribution >= 0.6 is 0 Å². The quantitative estimate of drug-likeness (QED) is 0.707. The number of nitrogens with one attached hydrogen (secondary N) is 1. The Balaban J connectivity index is 0.000000583. The molecule has 15 heavy (non-hydrogen) atoms. The molecular formula is C13H29NO. The van der Waals surface area contributed by atoms with E-state index in [9.17, 15) is 0 Å². The van der Waals surface area contributed by atoms with Crippen LogP contribution in [0.5, 0.6) is 0 Å². The molecule has 0 aromatic rings. The fourth-order valence-corrected chi connectivity index (χ4v) is 2.08. The first kappa shape index (κ1) is 14.9. The second-order valence-electron chi connectivity index (χ2n) is 4.49. The first-order valence-electron chi connectivity index (χ1n) is 6.60. The summed E-state index contributed by atoms with van der Waals surface area (Å²) in [6.45, 7) is 7.81. The smallest absolute Gasteiger partial charge is 0.0402 e. The van der Waals surface area contributed by atoms with E-state index in [0.29, 0.717) is 0 Å². The monoisotopic (exact) mass is 215 g/mol. The molecule has 1 aliphatic carbocycles. The third-order valence-corrected chi connectivity index (χ3v) is 3.05. The highest BCUT2D eigenvalue weighted by Crippen LogP contribution is 2.23. The molecule has 2 nitrogen and oxygen atoms in total. The summed E-state index contributed by atoms with van der Waals surface area (Å²) in [6.07, 6.45) is 8.38. The van der Waals surface area contributed by atoms with Gasteiger partial charge in [-0.3, -0.25) is 0 Å². The second-order valence-corrected chi connectivity index (χ2v) is 4.49. The normalized spacial score (nSPS) is 25.6. The van der Waals surface area contributed by atoms with E-state index in [-0.39, 0.29) is 6.61 Å². The molecule has 0 saturated heterocycles. The van der Waals surface area contributed by atoms with Crippen LogP contribution in [-0.4, -0.2) is 24.3 Å². The molecule has 0 aromatic carbocycles. The first-order chi connectivity index (χ1) is 7.26. The number of hydrogen-bond donors (Lipinski definition) is 2. The summed E-state index contributed by atoms with van der Waals surface area (Å²) in [7, 11) is 0. The van der Waals surface area contributed by atoms with Gasteiger partial charge in [-0.05, 0) is 38.6 Å². The Hall–Kier alpha value is -0.0800. The van der Waals surface area contributed by atoms with Gasteiger partial charge in [0.1, 0.15) is 0 Å². The highest BCUT2D eigenvalue weighted by atomic mass is 16.2. The maximum atomic E-state index is 7.57. The van der Waals surface area contributed by atoms with Gasteiger partial charge < -0.3 is 10.4 Å². The molecule has 1 aliphatic rings. The molecule has 0 amide bonds. The van der Waals surface area contributed by atoms with Gasteiger partial charge in [0, 0.05) is 12.6 Å². The van der Waals surface area contributed by atoms with E-state index in [0.717, 1.165) is 12.0 Å². The van der Waals surface area contributed by atoms with E-state index in [4.69, 9.17) is 5.11 Å². The molecule has 92 valence electrons. The van der Waals surface area contributed by atoms with Crippen LogP contribution in [0.2, 0.25) is 0 Å². The summed E-state index contributed by atoms with van der Waals surface area (Å²) in [6, 6.07) is 0.824. The SMILES string of the molecule is CCCCNC1CCCCC1C.CCO. The van der Waals surface area contributed by atoms with Gasteiger partial charge in [-0.2, -0.15) is 0 Å². The minimum Gasteiger partial charge on any atom is -0.397 e. The van der Waals surface area contributed by atoms with Gasteiger partial charge in [0.25, 0.3) is 0 Å². The van der Waals surface area contributed by atoms with Crippen molar-refractivity contribution < 1.29 is 5.11 Å². The molecule has 0 aromatic heterocycles. The lowest BCUT2D eigenvalue weighted by Crippen LogP contribution is -2.37. The van der Waals surface area contributed by atoms with Gasteiger partial charge in [0.2, 0.25) is 0 Å². The molecule has 2 atom stereocenters. The zero-order valence-corrected chi connectivity index (χ0v) is 10.8. The Labute approximate surface area is 95.5 Å². The Kier molecular flexibility index (Phi) is 10.4. The van der Waals surface area contributed by atoms with E-state index in [1.165, 1.54) is 45.1 Å². The van der Waals surface area contributed by atoms with Crippen molar-refractivity contribution in [3.63, 3.8) is 0 Å². The minimum absolute atomic E-state index is 0.250. The van der Waals surface area contributed by atoms with Crippen molar-refractivity contribution >= 4 is 0 Å². The third-order valence-electron chi connectivity index (χ3n) is 3.05. The first-order valence-corrected chi connectivity index (χ1v) is 6.60. The second kappa shape index (κ2) is 10.4. The van der Waals surface area contributed by atoms with Crippen molar-refractivity contribution in [3.8, 4) is 0 Å². The predicted octanol–water partition coefficient (Wildman–Crippen LogP) is 2.95. The molecule has 0 radical (unpaired) electrons. The molecule has 2 unspecified atom stereocenters. The molecule has 0 heterocycles. The lowest BCUT2D eigenvalue weighted by molar-refractivity contribution is 0.280. The van der Waals surface area contributed by atoms with E-state index in [2.05, 4.69) is 19.2 Å². The largest absolute Gasteiger partial charge is 0.397 e. The lowest BCUT2D eigenvalue weighted by atomic mass is 9.86. The Bertz CT molecular complexity index is 128. The van der Waals surface area contributed by atoms with Gasteiger partial charge in [0.05, 0.1) is 0 Å². The number of unbranched alkanes of at least 4 members (excludes halogenated alkanes) is 1. The molecule has 0 spiro atoms. The highest BCUT2D eigenvalue weighted by molar-refractivity contribution is 4.77. The topological polar surface area (TPSA) is 32.3 Å². The van der Waals surface area contributed by atoms with Gasteiger partial charge in [0.15, 0.2) is 0 Å². The van der Waals surface area contributed by atoms with E-state index in [1.54, 1.807) is 6.92 Å². The number of rotatable bonds is 4. The molecule has 1 fully saturated rings. The van der Waals surface area contributed by atoms with Crippen molar-refractivity contribution in [1.82, 2.24) is 5.32 Å². The van der Waals surface area contributed by atoms with E-state index >= 15 is 0 Å². The molecular weight excluding hydrogens is 186 g/mol. The molecule has 2 N–H and O–H groups in total. The fourth-order valence-electron chi connectivity index (χ4n) is 2.08. The van der Waals surface area contributed by atoms with Gasteiger partial charge >= 0.3 is 0 Å². The molecule has 1 rings (SSSR count). The third kappa shape index (κ3) is 7.80. The van der Waals surface area contributed by atoms with Crippen molar-refractivity contribution in [3.05, 3.63) is 0 Å². The molecule has 0 aliphatic heterocycles. The Morgan fingerprint density at radius 1 is 1.20 bits per heavy atom. The summed E-state index contributed by atoms with van der Waals surface area (Å²) < 4.78 is 0. The fraction of sp³-hybridized carbons (Fsp3) is 1.00. The number of aliphatic hydroxyl groups excluding tert-OH is 1. The summed E-state index contributed by atoms with van der Waals surface area (Å²) in [5.41, 5.74) is 0. The van der Waals surface area contributed by atoms with Gasteiger partial charge in [-0.1, -0.05) is 33.1 Å². The summed E-state index contributed by atoms with van der Waals surface area (Å²) in [4.78, 5) is 0. The van der Waals surface area contributed by atoms with Crippen LogP contribution in [0.4, 0.5) is 0 Å². The van der Waals surface area contributed by atoms with Crippen LogP contribution in [0.15, 0.2) is 0 Å².